The first-order valence-electron chi connectivity index (χ1n) is 7.55. The average Bonchev–Trinajstić information content (AvgIpc) is 2.42. The predicted octanol–water partition coefficient (Wildman–Crippen LogP) is 3.11. The van der Waals surface area contributed by atoms with Crippen molar-refractivity contribution in [2.45, 2.75) is 30.8 Å². The van der Waals surface area contributed by atoms with E-state index >= 15 is 0 Å². The second kappa shape index (κ2) is 6.43. The van der Waals surface area contributed by atoms with E-state index in [0.717, 1.165) is 51.1 Å². The van der Waals surface area contributed by atoms with Gasteiger partial charge >= 0.3 is 0 Å². The number of aliphatic hydroxyl groups is 1. The molecule has 1 aromatic rings. The van der Waals surface area contributed by atoms with Crippen LogP contribution in [0.5, 0.6) is 0 Å². The van der Waals surface area contributed by atoms with Gasteiger partial charge in [0.2, 0.25) is 0 Å². The molecule has 1 atom stereocenters. The lowest BCUT2D eigenvalue weighted by Crippen LogP contribution is -2.52. The van der Waals surface area contributed by atoms with Gasteiger partial charge in [0.1, 0.15) is 0 Å². The van der Waals surface area contributed by atoms with Crippen LogP contribution in [0.25, 0.3) is 0 Å². The zero-order chi connectivity index (χ0) is 14.9. The van der Waals surface area contributed by atoms with Crippen LogP contribution >= 0.6 is 23.2 Å². The van der Waals surface area contributed by atoms with Crippen LogP contribution in [0.1, 0.15) is 24.8 Å². The second-order valence-electron chi connectivity index (χ2n) is 6.07. The summed E-state index contributed by atoms with van der Waals surface area (Å²) in [5.41, 5.74) is 0.955. The minimum atomic E-state index is -0.374. The highest BCUT2D eigenvalue weighted by Crippen LogP contribution is 2.47. The Morgan fingerprint density at radius 2 is 1.90 bits per heavy atom. The second-order valence-corrected chi connectivity index (χ2v) is 6.88. The SMILES string of the molecule is OC(CN1CCOCC1)C1(c2ccc(Cl)c(Cl)c2)CCC1. The number of hydrogen-bond donors (Lipinski definition) is 1. The maximum atomic E-state index is 10.8. The fourth-order valence-corrected chi connectivity index (χ4v) is 3.68. The van der Waals surface area contributed by atoms with Crippen LogP contribution in [0, 0.1) is 0 Å². The lowest BCUT2D eigenvalue weighted by Gasteiger charge is -2.47. The van der Waals surface area contributed by atoms with Crippen LogP contribution in [0.2, 0.25) is 10.0 Å². The van der Waals surface area contributed by atoms with Gasteiger partial charge in [-0.15, -0.1) is 0 Å². The van der Waals surface area contributed by atoms with E-state index in [-0.39, 0.29) is 11.5 Å². The number of aliphatic hydroxyl groups excluding tert-OH is 1. The molecule has 0 aromatic heterocycles. The topological polar surface area (TPSA) is 32.7 Å². The molecule has 0 bridgehead atoms. The van der Waals surface area contributed by atoms with Gasteiger partial charge in [-0.2, -0.15) is 0 Å². The molecule has 21 heavy (non-hydrogen) atoms. The average molecular weight is 330 g/mol. The maximum absolute atomic E-state index is 10.8. The van der Waals surface area contributed by atoms with Crippen molar-refractivity contribution in [3.8, 4) is 0 Å². The smallest absolute Gasteiger partial charge is 0.0763 e. The summed E-state index contributed by atoms with van der Waals surface area (Å²) in [6.07, 6.45) is 2.80. The molecule has 1 heterocycles. The quantitative estimate of drug-likeness (QED) is 0.921. The number of morpholine rings is 1. The molecule has 1 N–H and O–H groups in total. The molecule has 0 radical (unpaired) electrons. The Bertz CT molecular complexity index is 499. The third kappa shape index (κ3) is 3.08. The molecule has 1 aromatic carbocycles. The summed E-state index contributed by atoms with van der Waals surface area (Å²) >= 11 is 12.2. The Kier molecular flexibility index (Phi) is 4.77. The maximum Gasteiger partial charge on any atom is 0.0763 e. The van der Waals surface area contributed by atoms with Crippen molar-refractivity contribution in [3.05, 3.63) is 33.8 Å². The fraction of sp³-hybridized carbons (Fsp3) is 0.625. The Morgan fingerprint density at radius 3 is 2.48 bits per heavy atom. The fourth-order valence-electron chi connectivity index (χ4n) is 3.38. The first-order chi connectivity index (χ1) is 10.1. The first kappa shape index (κ1) is 15.6. The highest BCUT2D eigenvalue weighted by molar-refractivity contribution is 6.42. The van der Waals surface area contributed by atoms with E-state index in [1.807, 2.05) is 18.2 Å². The van der Waals surface area contributed by atoms with E-state index in [1.54, 1.807) is 0 Å². The summed E-state index contributed by atoms with van der Waals surface area (Å²) in [5.74, 6) is 0. The lowest BCUT2D eigenvalue weighted by molar-refractivity contribution is -0.0271. The normalized spacial score (nSPS) is 23.6. The molecule has 1 aliphatic heterocycles. The summed E-state index contributed by atoms with van der Waals surface area (Å²) in [4.78, 5) is 2.28. The van der Waals surface area contributed by atoms with Crippen LogP contribution in [-0.2, 0) is 10.2 Å². The molecule has 1 saturated carbocycles. The highest BCUT2D eigenvalue weighted by atomic mass is 35.5. The molecule has 116 valence electrons. The van der Waals surface area contributed by atoms with Gasteiger partial charge in [0.25, 0.3) is 0 Å². The van der Waals surface area contributed by atoms with Crippen LogP contribution in [0.15, 0.2) is 18.2 Å². The summed E-state index contributed by atoms with van der Waals surface area (Å²) < 4.78 is 5.37. The van der Waals surface area contributed by atoms with Crippen molar-refractivity contribution in [3.63, 3.8) is 0 Å². The van der Waals surface area contributed by atoms with Gasteiger partial charge in [-0.3, -0.25) is 4.90 Å². The third-order valence-electron chi connectivity index (χ3n) is 4.91. The number of hydrogen-bond acceptors (Lipinski definition) is 3. The third-order valence-corrected chi connectivity index (χ3v) is 5.65. The zero-order valence-electron chi connectivity index (χ0n) is 12.0. The number of ether oxygens (including phenoxy) is 1. The number of halogens is 2. The van der Waals surface area contributed by atoms with Gasteiger partial charge < -0.3 is 9.84 Å². The van der Waals surface area contributed by atoms with E-state index in [4.69, 9.17) is 27.9 Å². The molecule has 1 unspecified atom stereocenters. The van der Waals surface area contributed by atoms with Crippen molar-refractivity contribution in [2.75, 3.05) is 32.8 Å². The highest BCUT2D eigenvalue weighted by Gasteiger charge is 2.45. The van der Waals surface area contributed by atoms with Crippen LogP contribution in [0.4, 0.5) is 0 Å². The minimum Gasteiger partial charge on any atom is -0.391 e. The molecule has 1 saturated heterocycles. The molecule has 2 fully saturated rings. The Labute approximate surface area is 135 Å². The summed E-state index contributed by atoms with van der Waals surface area (Å²) in [5, 5.41) is 12.0. The molecular weight excluding hydrogens is 309 g/mol. The molecule has 3 nitrogen and oxygen atoms in total. The summed E-state index contributed by atoms with van der Waals surface area (Å²) in [6.45, 7) is 4.01. The summed E-state index contributed by atoms with van der Waals surface area (Å²) in [7, 11) is 0. The molecule has 3 rings (SSSR count). The van der Waals surface area contributed by atoms with E-state index in [9.17, 15) is 5.11 Å². The monoisotopic (exact) mass is 329 g/mol. The summed E-state index contributed by atoms with van der Waals surface area (Å²) in [6, 6.07) is 5.77. The number of nitrogens with zero attached hydrogens (tertiary/aromatic N) is 1. The minimum absolute atomic E-state index is 0.160. The van der Waals surface area contributed by atoms with Crippen molar-refractivity contribution in [1.29, 1.82) is 0 Å². The molecule has 1 aliphatic carbocycles. The molecular formula is C16H21Cl2NO2. The zero-order valence-corrected chi connectivity index (χ0v) is 13.5. The van der Waals surface area contributed by atoms with Crippen LogP contribution in [-0.4, -0.2) is 49.0 Å². The molecule has 2 aliphatic rings. The van der Waals surface area contributed by atoms with Crippen molar-refractivity contribution in [1.82, 2.24) is 4.90 Å². The van der Waals surface area contributed by atoms with E-state index in [1.165, 1.54) is 0 Å². The van der Waals surface area contributed by atoms with Gasteiger partial charge in [-0.1, -0.05) is 35.7 Å². The molecule has 0 amide bonds. The molecule has 0 spiro atoms. The van der Waals surface area contributed by atoms with Crippen molar-refractivity contribution < 1.29 is 9.84 Å². The van der Waals surface area contributed by atoms with Gasteiger partial charge in [-0.25, -0.2) is 0 Å². The van der Waals surface area contributed by atoms with Gasteiger partial charge in [0.15, 0.2) is 0 Å². The Balaban J connectivity index is 1.76. The predicted molar refractivity (Wildman–Crippen MR) is 85.3 cm³/mol. The van der Waals surface area contributed by atoms with Crippen LogP contribution in [0.3, 0.4) is 0 Å². The number of β-amino-alcohol motifs (C(OH)–C–C–N with tert-alkyl or cyclic N) is 1. The first-order valence-corrected chi connectivity index (χ1v) is 8.31. The number of benzene rings is 1. The lowest BCUT2D eigenvalue weighted by atomic mass is 9.61. The standard InChI is InChI=1S/C16H21Cl2NO2/c17-13-3-2-12(10-14(13)18)16(4-1-5-16)15(20)11-19-6-8-21-9-7-19/h2-3,10,15,20H,1,4-9,11H2. The van der Waals surface area contributed by atoms with Gasteiger partial charge in [-0.05, 0) is 30.5 Å². The number of rotatable bonds is 4. The molecule has 5 heteroatoms. The van der Waals surface area contributed by atoms with E-state index in [0.29, 0.717) is 16.6 Å². The van der Waals surface area contributed by atoms with Crippen LogP contribution < -0.4 is 0 Å². The van der Waals surface area contributed by atoms with E-state index < -0.39 is 0 Å². The van der Waals surface area contributed by atoms with Crippen molar-refractivity contribution in [2.24, 2.45) is 0 Å². The largest absolute Gasteiger partial charge is 0.391 e. The van der Waals surface area contributed by atoms with Gasteiger partial charge in [0, 0.05) is 25.0 Å². The van der Waals surface area contributed by atoms with Gasteiger partial charge in [0.05, 0.1) is 29.4 Å². The van der Waals surface area contributed by atoms with E-state index in [2.05, 4.69) is 4.90 Å². The Hall–Kier alpha value is -0.320. The Morgan fingerprint density at radius 1 is 1.19 bits per heavy atom. The van der Waals surface area contributed by atoms with Crippen molar-refractivity contribution >= 4 is 23.2 Å².